The molecule has 13 heavy (non-hydrogen) atoms. The average molecular weight is 201 g/mol. The number of thioether (sulfide) groups is 1. The fraction of sp³-hybridized carbons (Fsp3) is 1.00. The highest BCUT2D eigenvalue weighted by molar-refractivity contribution is 7.99. The lowest BCUT2D eigenvalue weighted by molar-refractivity contribution is 0.260. The molecule has 0 unspecified atom stereocenters. The SMILES string of the molecule is CCSCCNC1(C)CCCCC1. The van der Waals surface area contributed by atoms with Gasteiger partial charge in [-0.2, -0.15) is 11.8 Å². The van der Waals surface area contributed by atoms with Crippen molar-refractivity contribution < 1.29 is 0 Å². The van der Waals surface area contributed by atoms with E-state index >= 15 is 0 Å². The zero-order chi connectivity index (χ0) is 9.57. The highest BCUT2D eigenvalue weighted by Gasteiger charge is 2.25. The first-order valence-corrected chi connectivity index (χ1v) is 6.75. The van der Waals surface area contributed by atoms with E-state index in [1.54, 1.807) is 0 Å². The average Bonchev–Trinajstić information content (AvgIpc) is 2.14. The fourth-order valence-corrected chi connectivity index (χ4v) is 2.61. The van der Waals surface area contributed by atoms with Crippen molar-refractivity contribution in [1.82, 2.24) is 5.32 Å². The van der Waals surface area contributed by atoms with Crippen molar-refractivity contribution in [2.45, 2.75) is 51.5 Å². The molecule has 0 aromatic heterocycles. The number of rotatable bonds is 5. The van der Waals surface area contributed by atoms with Gasteiger partial charge in [0.25, 0.3) is 0 Å². The third-order valence-corrected chi connectivity index (χ3v) is 3.86. The normalized spacial score (nSPS) is 21.7. The Bertz CT molecular complexity index is 130. The predicted molar refractivity (Wildman–Crippen MR) is 62.5 cm³/mol. The van der Waals surface area contributed by atoms with Gasteiger partial charge in [-0.25, -0.2) is 0 Å². The summed E-state index contributed by atoms with van der Waals surface area (Å²) in [4.78, 5) is 0. The first kappa shape index (κ1) is 11.4. The summed E-state index contributed by atoms with van der Waals surface area (Å²) in [5, 5.41) is 3.71. The minimum Gasteiger partial charge on any atom is -0.311 e. The van der Waals surface area contributed by atoms with Gasteiger partial charge in [-0.3, -0.25) is 0 Å². The molecule has 1 nitrogen and oxygen atoms in total. The Kier molecular flexibility index (Phi) is 5.18. The molecule has 1 fully saturated rings. The summed E-state index contributed by atoms with van der Waals surface area (Å²) in [7, 11) is 0. The van der Waals surface area contributed by atoms with Crippen molar-refractivity contribution >= 4 is 11.8 Å². The standard InChI is InChI=1S/C11H23NS/c1-3-13-10-9-12-11(2)7-5-4-6-8-11/h12H,3-10H2,1-2H3. The molecule has 0 amide bonds. The van der Waals surface area contributed by atoms with E-state index in [1.807, 2.05) is 11.8 Å². The molecule has 0 heterocycles. The maximum atomic E-state index is 3.71. The lowest BCUT2D eigenvalue weighted by Crippen LogP contribution is -2.44. The Morgan fingerprint density at radius 3 is 2.54 bits per heavy atom. The van der Waals surface area contributed by atoms with E-state index in [0.717, 1.165) is 0 Å². The molecule has 0 atom stereocenters. The van der Waals surface area contributed by atoms with E-state index in [4.69, 9.17) is 0 Å². The Balaban J connectivity index is 2.10. The van der Waals surface area contributed by atoms with Gasteiger partial charge < -0.3 is 5.32 Å². The van der Waals surface area contributed by atoms with Crippen LogP contribution in [0.15, 0.2) is 0 Å². The van der Waals surface area contributed by atoms with Crippen molar-refractivity contribution in [1.29, 1.82) is 0 Å². The monoisotopic (exact) mass is 201 g/mol. The van der Waals surface area contributed by atoms with E-state index in [2.05, 4.69) is 19.2 Å². The van der Waals surface area contributed by atoms with Crippen LogP contribution in [0.1, 0.15) is 46.0 Å². The van der Waals surface area contributed by atoms with Crippen molar-refractivity contribution in [2.75, 3.05) is 18.1 Å². The largest absolute Gasteiger partial charge is 0.311 e. The predicted octanol–water partition coefficient (Wildman–Crippen LogP) is 3.05. The van der Waals surface area contributed by atoms with Crippen LogP contribution in [0.4, 0.5) is 0 Å². The van der Waals surface area contributed by atoms with Crippen molar-refractivity contribution in [3.63, 3.8) is 0 Å². The first-order chi connectivity index (χ1) is 6.27. The molecule has 78 valence electrons. The number of nitrogens with one attached hydrogen (secondary N) is 1. The van der Waals surface area contributed by atoms with Gasteiger partial charge in [-0.15, -0.1) is 0 Å². The van der Waals surface area contributed by atoms with Crippen LogP contribution < -0.4 is 5.32 Å². The van der Waals surface area contributed by atoms with E-state index < -0.39 is 0 Å². The molecule has 0 saturated heterocycles. The summed E-state index contributed by atoms with van der Waals surface area (Å²) in [6.07, 6.45) is 7.05. The zero-order valence-electron chi connectivity index (χ0n) is 9.07. The van der Waals surface area contributed by atoms with Gasteiger partial charge in [0.05, 0.1) is 0 Å². The summed E-state index contributed by atoms with van der Waals surface area (Å²) in [6, 6.07) is 0. The van der Waals surface area contributed by atoms with Gasteiger partial charge in [-0.1, -0.05) is 26.2 Å². The molecule has 0 aromatic carbocycles. The summed E-state index contributed by atoms with van der Waals surface area (Å²) >= 11 is 2.03. The molecular formula is C11H23NS. The lowest BCUT2D eigenvalue weighted by atomic mass is 9.83. The molecule has 1 rings (SSSR count). The third-order valence-electron chi connectivity index (χ3n) is 2.96. The van der Waals surface area contributed by atoms with E-state index in [-0.39, 0.29) is 0 Å². The molecule has 0 spiro atoms. The second-order valence-corrected chi connectivity index (χ2v) is 5.64. The van der Waals surface area contributed by atoms with Crippen LogP contribution >= 0.6 is 11.8 Å². The smallest absolute Gasteiger partial charge is 0.0153 e. The molecular weight excluding hydrogens is 178 g/mol. The maximum absolute atomic E-state index is 3.71. The van der Waals surface area contributed by atoms with Crippen LogP contribution in [0, 0.1) is 0 Å². The molecule has 1 saturated carbocycles. The topological polar surface area (TPSA) is 12.0 Å². The first-order valence-electron chi connectivity index (χ1n) is 5.60. The van der Waals surface area contributed by atoms with Crippen LogP contribution in [0.25, 0.3) is 0 Å². The fourth-order valence-electron chi connectivity index (χ4n) is 2.08. The molecule has 1 N–H and O–H groups in total. The third kappa shape index (κ3) is 4.37. The second kappa shape index (κ2) is 5.92. The molecule has 1 aliphatic carbocycles. The van der Waals surface area contributed by atoms with Gasteiger partial charge in [0.2, 0.25) is 0 Å². The molecule has 0 bridgehead atoms. The second-order valence-electron chi connectivity index (χ2n) is 4.25. The summed E-state index contributed by atoms with van der Waals surface area (Å²) in [5.41, 5.74) is 0.465. The number of hydrogen-bond donors (Lipinski definition) is 1. The van der Waals surface area contributed by atoms with Crippen LogP contribution in [0.3, 0.4) is 0 Å². The molecule has 0 radical (unpaired) electrons. The molecule has 0 aromatic rings. The van der Waals surface area contributed by atoms with Gasteiger partial charge >= 0.3 is 0 Å². The van der Waals surface area contributed by atoms with Crippen molar-refractivity contribution in [3.05, 3.63) is 0 Å². The van der Waals surface area contributed by atoms with Crippen LogP contribution in [0.2, 0.25) is 0 Å². The molecule has 0 aliphatic heterocycles. The van der Waals surface area contributed by atoms with Gasteiger partial charge in [0.1, 0.15) is 0 Å². The highest BCUT2D eigenvalue weighted by Crippen LogP contribution is 2.27. The quantitative estimate of drug-likeness (QED) is 0.686. The Morgan fingerprint density at radius 2 is 1.92 bits per heavy atom. The summed E-state index contributed by atoms with van der Waals surface area (Å²) in [5.74, 6) is 2.52. The number of hydrogen-bond acceptors (Lipinski definition) is 2. The highest BCUT2D eigenvalue weighted by atomic mass is 32.2. The van der Waals surface area contributed by atoms with E-state index in [9.17, 15) is 0 Å². The lowest BCUT2D eigenvalue weighted by Gasteiger charge is -2.34. The summed E-state index contributed by atoms with van der Waals surface area (Å²) in [6.45, 7) is 5.81. The Labute approximate surface area is 87.1 Å². The molecule has 1 aliphatic rings. The molecule has 2 heteroatoms. The van der Waals surface area contributed by atoms with Gasteiger partial charge in [0, 0.05) is 17.8 Å². The van der Waals surface area contributed by atoms with Crippen LogP contribution in [0.5, 0.6) is 0 Å². The minimum absolute atomic E-state index is 0.465. The van der Waals surface area contributed by atoms with E-state index in [1.165, 1.54) is 50.2 Å². The van der Waals surface area contributed by atoms with Gasteiger partial charge in [0.15, 0.2) is 0 Å². The van der Waals surface area contributed by atoms with Crippen molar-refractivity contribution in [3.8, 4) is 0 Å². The van der Waals surface area contributed by atoms with Crippen LogP contribution in [-0.4, -0.2) is 23.6 Å². The Hall–Kier alpha value is 0.310. The Morgan fingerprint density at radius 1 is 1.23 bits per heavy atom. The van der Waals surface area contributed by atoms with Gasteiger partial charge in [-0.05, 0) is 25.5 Å². The summed E-state index contributed by atoms with van der Waals surface area (Å²) < 4.78 is 0. The van der Waals surface area contributed by atoms with Crippen LogP contribution in [-0.2, 0) is 0 Å². The zero-order valence-corrected chi connectivity index (χ0v) is 9.88. The van der Waals surface area contributed by atoms with E-state index in [0.29, 0.717) is 5.54 Å². The maximum Gasteiger partial charge on any atom is 0.0153 e. The minimum atomic E-state index is 0.465. The van der Waals surface area contributed by atoms with Crippen molar-refractivity contribution in [2.24, 2.45) is 0 Å².